The number of aromatic nitrogens is 2. The lowest BCUT2D eigenvalue weighted by molar-refractivity contribution is -0.134. The van der Waals surface area contributed by atoms with Crippen LogP contribution >= 0.6 is 0 Å². The van der Waals surface area contributed by atoms with E-state index in [-0.39, 0.29) is 18.0 Å². The predicted molar refractivity (Wildman–Crippen MR) is 126 cm³/mol. The number of carbonyl (C=O) groups is 3. The molecule has 2 aliphatic rings. The van der Waals surface area contributed by atoms with Gasteiger partial charge in [-0.15, -0.1) is 0 Å². The van der Waals surface area contributed by atoms with Gasteiger partial charge < -0.3 is 19.9 Å². The molecule has 1 N–H and O–H groups in total. The van der Waals surface area contributed by atoms with E-state index >= 15 is 0 Å². The molecule has 0 aliphatic carbocycles. The number of likely N-dealkylation sites (tertiary alicyclic amines) is 1. The summed E-state index contributed by atoms with van der Waals surface area (Å²) in [7, 11) is 0. The Morgan fingerprint density at radius 1 is 1.18 bits per heavy atom. The molecule has 1 atom stereocenters. The molecule has 1 fully saturated rings. The molecule has 3 amide bonds. The van der Waals surface area contributed by atoms with Gasteiger partial charge in [0.15, 0.2) is 0 Å². The van der Waals surface area contributed by atoms with Gasteiger partial charge in [0.1, 0.15) is 17.5 Å². The van der Waals surface area contributed by atoms with E-state index in [0.717, 1.165) is 11.3 Å². The predicted octanol–water partition coefficient (Wildman–Crippen LogP) is 3.10. The van der Waals surface area contributed by atoms with Crippen LogP contribution in [0.5, 0.6) is 0 Å². The number of nitrogens with one attached hydrogen (secondary N) is 1. The zero-order valence-corrected chi connectivity index (χ0v) is 20.3. The molecule has 0 bridgehead atoms. The van der Waals surface area contributed by atoms with Crippen molar-refractivity contribution in [1.82, 2.24) is 24.7 Å². The van der Waals surface area contributed by atoms with Gasteiger partial charge in [-0.2, -0.15) is 0 Å². The van der Waals surface area contributed by atoms with Crippen molar-refractivity contribution in [2.75, 3.05) is 13.1 Å². The van der Waals surface area contributed by atoms with Crippen molar-refractivity contribution < 1.29 is 19.1 Å². The minimum Gasteiger partial charge on any atom is -0.444 e. The Labute approximate surface area is 200 Å². The highest BCUT2D eigenvalue weighted by atomic mass is 16.6. The molecule has 9 heteroatoms. The van der Waals surface area contributed by atoms with Gasteiger partial charge in [0, 0.05) is 25.6 Å². The van der Waals surface area contributed by atoms with Crippen LogP contribution in [0, 0.1) is 6.92 Å². The quantitative estimate of drug-likeness (QED) is 0.729. The third-order valence-electron chi connectivity index (χ3n) is 6.27. The third-order valence-corrected chi connectivity index (χ3v) is 6.27. The number of piperidine rings is 1. The Morgan fingerprint density at radius 3 is 2.47 bits per heavy atom. The number of benzene rings is 1. The van der Waals surface area contributed by atoms with Gasteiger partial charge in [0.25, 0.3) is 0 Å². The second kappa shape index (κ2) is 9.48. The van der Waals surface area contributed by atoms with Gasteiger partial charge in [-0.25, -0.2) is 14.6 Å². The van der Waals surface area contributed by atoms with Crippen molar-refractivity contribution in [1.29, 1.82) is 0 Å². The molecular weight excluding hydrogens is 434 g/mol. The summed E-state index contributed by atoms with van der Waals surface area (Å²) in [5.41, 5.74) is 1.21. The Bertz CT molecular complexity index is 1050. The van der Waals surface area contributed by atoms with E-state index in [1.54, 1.807) is 36.4 Å². The summed E-state index contributed by atoms with van der Waals surface area (Å²) in [5.74, 6) is 0.569. The van der Waals surface area contributed by atoms with E-state index in [9.17, 15) is 14.4 Å². The molecule has 0 saturated carbocycles. The van der Waals surface area contributed by atoms with E-state index in [1.807, 2.05) is 42.2 Å². The monoisotopic (exact) mass is 467 g/mol. The van der Waals surface area contributed by atoms with Gasteiger partial charge >= 0.3 is 12.1 Å². The lowest BCUT2D eigenvalue weighted by Gasteiger charge is -2.37. The van der Waals surface area contributed by atoms with Crippen molar-refractivity contribution in [2.45, 2.75) is 71.2 Å². The maximum Gasteiger partial charge on any atom is 0.408 e. The Balaban J connectivity index is 1.40. The summed E-state index contributed by atoms with van der Waals surface area (Å²) in [5, 5.41) is 2.78. The van der Waals surface area contributed by atoms with Crippen LogP contribution in [-0.4, -0.2) is 68.2 Å². The summed E-state index contributed by atoms with van der Waals surface area (Å²) < 4.78 is 7.06. The number of ether oxygens (including phenoxy) is 1. The molecule has 0 spiro atoms. The zero-order valence-electron chi connectivity index (χ0n) is 20.3. The number of aryl methyl sites for hydroxylation is 1. The minimum absolute atomic E-state index is 0.0386. The highest BCUT2D eigenvalue weighted by Gasteiger charge is 2.37. The van der Waals surface area contributed by atoms with E-state index in [4.69, 9.17) is 4.74 Å². The van der Waals surface area contributed by atoms with Crippen molar-refractivity contribution >= 4 is 18.0 Å². The van der Waals surface area contributed by atoms with Crippen molar-refractivity contribution in [3.63, 3.8) is 0 Å². The molecule has 9 nitrogen and oxygen atoms in total. The van der Waals surface area contributed by atoms with Gasteiger partial charge in [0.2, 0.25) is 5.91 Å². The SMILES string of the molecule is Cc1ncc2n1C(=O)N(C1CCN(C(=O)[C@H](Cc3ccccc3)NC(=O)OC(C)(C)C)CC1)C2. The first kappa shape index (κ1) is 23.8. The first-order chi connectivity index (χ1) is 16.1. The van der Waals surface area contributed by atoms with Crippen molar-refractivity contribution in [3.8, 4) is 0 Å². The fourth-order valence-electron chi connectivity index (χ4n) is 4.64. The minimum atomic E-state index is -0.725. The number of rotatable bonds is 5. The maximum absolute atomic E-state index is 13.4. The van der Waals surface area contributed by atoms with Gasteiger partial charge in [-0.1, -0.05) is 30.3 Å². The highest BCUT2D eigenvalue weighted by Crippen LogP contribution is 2.26. The number of nitrogens with zero attached hydrogens (tertiary/aromatic N) is 4. The van der Waals surface area contributed by atoms with Crippen molar-refractivity contribution in [2.24, 2.45) is 0 Å². The molecule has 1 aromatic heterocycles. The van der Waals surface area contributed by atoms with Crippen LogP contribution in [0.4, 0.5) is 9.59 Å². The number of carbonyl (C=O) groups excluding carboxylic acids is 3. The van der Waals surface area contributed by atoms with Crippen molar-refractivity contribution in [3.05, 3.63) is 53.6 Å². The summed E-state index contributed by atoms with van der Waals surface area (Å²) >= 11 is 0. The lowest BCUT2D eigenvalue weighted by atomic mass is 10.0. The third kappa shape index (κ3) is 5.24. The standard InChI is InChI=1S/C25H33N5O4/c1-17-26-15-20-16-29(24(33)30(17)20)19-10-12-28(13-11-19)22(31)21(14-18-8-6-5-7-9-18)27-23(32)34-25(2,3)4/h5-9,15,19,21H,10-14,16H2,1-4H3,(H,27,32)/t21-/m0/s1. The molecule has 34 heavy (non-hydrogen) atoms. The highest BCUT2D eigenvalue weighted by molar-refractivity contribution is 5.86. The first-order valence-corrected chi connectivity index (χ1v) is 11.8. The average Bonchev–Trinajstić information content (AvgIpc) is 3.32. The molecule has 0 unspecified atom stereocenters. The average molecular weight is 468 g/mol. The topological polar surface area (TPSA) is 96.8 Å². The molecule has 3 heterocycles. The van der Waals surface area contributed by atoms with E-state index < -0.39 is 17.7 Å². The van der Waals surface area contributed by atoms with Crippen LogP contribution in [0.1, 0.15) is 50.7 Å². The van der Waals surface area contributed by atoms with Crippen LogP contribution in [0.15, 0.2) is 36.5 Å². The molecule has 182 valence electrons. The number of amides is 3. The molecule has 0 radical (unpaired) electrons. The van der Waals surface area contributed by atoms with Crippen LogP contribution in [0.2, 0.25) is 0 Å². The van der Waals surface area contributed by atoms with E-state index in [0.29, 0.717) is 44.7 Å². The molecule has 4 rings (SSSR count). The number of hydrogen-bond acceptors (Lipinski definition) is 5. The maximum atomic E-state index is 13.4. The molecular formula is C25H33N5O4. The fraction of sp³-hybridized carbons (Fsp3) is 0.520. The van der Waals surface area contributed by atoms with Gasteiger partial charge in [0.05, 0.1) is 18.4 Å². The first-order valence-electron chi connectivity index (χ1n) is 11.8. The van der Waals surface area contributed by atoms with E-state index in [2.05, 4.69) is 10.3 Å². The van der Waals surface area contributed by atoms with Crippen LogP contribution in [0.25, 0.3) is 0 Å². The van der Waals surface area contributed by atoms with Gasteiger partial charge in [-0.05, 0) is 46.1 Å². The lowest BCUT2D eigenvalue weighted by Crippen LogP contribution is -2.54. The largest absolute Gasteiger partial charge is 0.444 e. The second-order valence-corrected chi connectivity index (χ2v) is 9.99. The van der Waals surface area contributed by atoms with Crippen LogP contribution in [-0.2, 0) is 22.5 Å². The summed E-state index contributed by atoms with van der Waals surface area (Å²) in [6, 6.07) is 8.93. The van der Waals surface area contributed by atoms with Crippen LogP contribution in [0.3, 0.4) is 0 Å². The summed E-state index contributed by atoms with van der Waals surface area (Å²) in [6.07, 6.45) is 2.91. The number of fused-ring (bicyclic) bond motifs is 1. The molecule has 1 saturated heterocycles. The Hall–Kier alpha value is -3.36. The Morgan fingerprint density at radius 2 is 1.85 bits per heavy atom. The number of hydrogen-bond donors (Lipinski definition) is 1. The fourth-order valence-corrected chi connectivity index (χ4v) is 4.64. The zero-order chi connectivity index (χ0) is 24.5. The van der Waals surface area contributed by atoms with E-state index in [1.165, 1.54) is 0 Å². The summed E-state index contributed by atoms with van der Waals surface area (Å²) in [6.45, 7) is 8.81. The summed E-state index contributed by atoms with van der Waals surface area (Å²) in [4.78, 5) is 46.6. The molecule has 2 aliphatic heterocycles. The second-order valence-electron chi connectivity index (χ2n) is 9.99. The smallest absolute Gasteiger partial charge is 0.408 e. The Kier molecular flexibility index (Phi) is 6.63. The number of imidazole rings is 1. The normalized spacial score (nSPS) is 17.5. The number of alkyl carbamates (subject to hydrolysis) is 1. The van der Waals surface area contributed by atoms with Gasteiger partial charge in [-0.3, -0.25) is 9.36 Å². The molecule has 2 aromatic rings. The van der Waals surface area contributed by atoms with Crippen LogP contribution < -0.4 is 5.32 Å². The molecule has 1 aromatic carbocycles.